The normalized spacial score (nSPS) is 26.3. The third-order valence-electron chi connectivity index (χ3n) is 4.71. The smallest absolute Gasteiger partial charge is 0.0639 e. The van der Waals surface area contributed by atoms with E-state index in [-0.39, 0.29) is 18.0 Å². The maximum atomic E-state index is 9.58. The Bertz CT molecular complexity index is 639. The Kier molecular flexibility index (Phi) is 5.09. The average molecular weight is 308 g/mol. The molecule has 3 nitrogen and oxygen atoms in total. The van der Waals surface area contributed by atoms with Gasteiger partial charge in [0.25, 0.3) is 0 Å². The number of benzene rings is 2. The topological polar surface area (TPSA) is 44.6 Å². The lowest BCUT2D eigenvalue weighted by Gasteiger charge is -2.38. The number of hydrogen-bond donors (Lipinski definition) is 2. The van der Waals surface area contributed by atoms with Gasteiger partial charge in [-0.3, -0.25) is 0 Å². The summed E-state index contributed by atoms with van der Waals surface area (Å²) in [6, 6.07) is 21.3. The molecule has 1 fully saturated rings. The van der Waals surface area contributed by atoms with Gasteiger partial charge in [-0.1, -0.05) is 79.2 Å². The molecule has 1 saturated heterocycles. The SMILES string of the molecule is CCC[C@@H]1/C(=N/O)C[C@H](c2ccccc2)N[C@@H]1c1ccccc1. The van der Waals surface area contributed by atoms with E-state index in [1.165, 1.54) is 11.1 Å². The van der Waals surface area contributed by atoms with Crippen molar-refractivity contribution in [3.8, 4) is 0 Å². The van der Waals surface area contributed by atoms with Gasteiger partial charge in [0.1, 0.15) is 0 Å². The predicted molar refractivity (Wildman–Crippen MR) is 93.7 cm³/mol. The molecule has 1 aliphatic rings. The lowest BCUT2D eigenvalue weighted by molar-refractivity contribution is 0.284. The summed E-state index contributed by atoms with van der Waals surface area (Å²) in [6.07, 6.45) is 2.85. The molecule has 0 unspecified atom stereocenters. The van der Waals surface area contributed by atoms with Gasteiger partial charge in [-0.15, -0.1) is 0 Å². The summed E-state index contributed by atoms with van der Waals surface area (Å²) in [5.41, 5.74) is 3.41. The number of piperidine rings is 1. The fraction of sp³-hybridized carbons (Fsp3) is 0.350. The molecule has 2 N–H and O–H groups in total. The third kappa shape index (κ3) is 3.45. The first-order valence-electron chi connectivity index (χ1n) is 8.40. The van der Waals surface area contributed by atoms with Crippen molar-refractivity contribution in [3.05, 3.63) is 71.8 Å². The maximum absolute atomic E-state index is 9.58. The van der Waals surface area contributed by atoms with E-state index in [0.29, 0.717) is 0 Å². The van der Waals surface area contributed by atoms with Crippen LogP contribution >= 0.6 is 0 Å². The van der Waals surface area contributed by atoms with E-state index in [0.717, 1.165) is 25.0 Å². The zero-order valence-corrected chi connectivity index (χ0v) is 13.5. The monoisotopic (exact) mass is 308 g/mol. The molecular weight excluding hydrogens is 284 g/mol. The molecule has 0 spiro atoms. The van der Waals surface area contributed by atoms with Crippen molar-refractivity contribution in [2.45, 2.75) is 38.3 Å². The zero-order valence-electron chi connectivity index (χ0n) is 13.5. The summed E-state index contributed by atoms with van der Waals surface area (Å²) in [6.45, 7) is 2.18. The van der Waals surface area contributed by atoms with E-state index < -0.39 is 0 Å². The molecule has 0 saturated carbocycles. The van der Waals surface area contributed by atoms with Gasteiger partial charge in [-0.05, 0) is 17.5 Å². The summed E-state index contributed by atoms with van der Waals surface area (Å²) in [5.74, 6) is 0.243. The van der Waals surface area contributed by atoms with Crippen LogP contribution < -0.4 is 5.32 Å². The summed E-state index contributed by atoms with van der Waals surface area (Å²) in [7, 11) is 0. The van der Waals surface area contributed by atoms with Crippen LogP contribution in [0.2, 0.25) is 0 Å². The largest absolute Gasteiger partial charge is 0.411 e. The second kappa shape index (κ2) is 7.42. The third-order valence-corrected chi connectivity index (χ3v) is 4.71. The quantitative estimate of drug-likeness (QED) is 0.634. The van der Waals surface area contributed by atoms with E-state index in [1.54, 1.807) is 0 Å². The van der Waals surface area contributed by atoms with Crippen LogP contribution in [0.3, 0.4) is 0 Å². The van der Waals surface area contributed by atoms with Gasteiger partial charge in [0.2, 0.25) is 0 Å². The first-order chi connectivity index (χ1) is 11.3. The molecule has 0 aromatic heterocycles. The second-order valence-corrected chi connectivity index (χ2v) is 6.21. The van der Waals surface area contributed by atoms with Crippen molar-refractivity contribution in [3.63, 3.8) is 0 Å². The summed E-state index contributed by atoms with van der Waals surface area (Å²) in [4.78, 5) is 0. The van der Waals surface area contributed by atoms with E-state index in [1.807, 2.05) is 12.1 Å². The van der Waals surface area contributed by atoms with Gasteiger partial charge in [0.05, 0.1) is 5.71 Å². The molecule has 0 radical (unpaired) electrons. The lowest BCUT2D eigenvalue weighted by Crippen LogP contribution is -2.42. The number of nitrogens with zero attached hydrogens (tertiary/aromatic N) is 1. The van der Waals surface area contributed by atoms with Gasteiger partial charge in [0.15, 0.2) is 0 Å². The number of rotatable bonds is 4. The van der Waals surface area contributed by atoms with E-state index in [4.69, 9.17) is 0 Å². The van der Waals surface area contributed by atoms with Crippen LogP contribution in [0.15, 0.2) is 65.8 Å². The Morgan fingerprint density at radius 3 is 2.17 bits per heavy atom. The minimum absolute atomic E-state index is 0.181. The first-order valence-corrected chi connectivity index (χ1v) is 8.40. The molecule has 2 aromatic carbocycles. The second-order valence-electron chi connectivity index (χ2n) is 6.21. The van der Waals surface area contributed by atoms with E-state index in [2.05, 4.69) is 65.9 Å². The van der Waals surface area contributed by atoms with Crippen LogP contribution in [0.25, 0.3) is 0 Å². The highest BCUT2D eigenvalue weighted by atomic mass is 16.4. The Morgan fingerprint density at radius 1 is 1.00 bits per heavy atom. The summed E-state index contributed by atoms with van der Waals surface area (Å²) < 4.78 is 0. The molecule has 0 aliphatic carbocycles. The van der Waals surface area contributed by atoms with Gasteiger partial charge < -0.3 is 10.5 Å². The molecular formula is C20H24N2O. The molecule has 1 aliphatic heterocycles. The Hall–Kier alpha value is -2.13. The van der Waals surface area contributed by atoms with Crippen molar-refractivity contribution in [2.24, 2.45) is 11.1 Å². The fourth-order valence-electron chi connectivity index (χ4n) is 3.59. The molecule has 0 bridgehead atoms. The summed E-state index contributed by atoms with van der Waals surface area (Å²) >= 11 is 0. The highest BCUT2D eigenvalue weighted by molar-refractivity contribution is 5.88. The average Bonchev–Trinajstić information content (AvgIpc) is 2.63. The number of hydrogen-bond acceptors (Lipinski definition) is 3. The highest BCUT2D eigenvalue weighted by Gasteiger charge is 2.35. The molecule has 0 amide bonds. The van der Waals surface area contributed by atoms with Crippen molar-refractivity contribution in [1.29, 1.82) is 0 Å². The van der Waals surface area contributed by atoms with Crippen LogP contribution in [0.1, 0.15) is 49.4 Å². The molecule has 1 heterocycles. The van der Waals surface area contributed by atoms with E-state index >= 15 is 0 Å². The molecule has 3 rings (SSSR count). The summed E-state index contributed by atoms with van der Waals surface area (Å²) in [5, 5.41) is 17.0. The van der Waals surface area contributed by atoms with Gasteiger partial charge in [-0.25, -0.2) is 0 Å². The molecule has 23 heavy (non-hydrogen) atoms. The highest BCUT2D eigenvalue weighted by Crippen LogP contribution is 2.37. The van der Waals surface area contributed by atoms with Crippen LogP contribution in [-0.4, -0.2) is 10.9 Å². The molecule has 3 atom stereocenters. The fourth-order valence-corrected chi connectivity index (χ4v) is 3.59. The zero-order chi connectivity index (χ0) is 16.1. The van der Waals surface area contributed by atoms with Crippen LogP contribution in [0.4, 0.5) is 0 Å². The number of oxime groups is 1. The minimum Gasteiger partial charge on any atom is -0.411 e. The van der Waals surface area contributed by atoms with E-state index in [9.17, 15) is 5.21 Å². The molecule has 120 valence electrons. The molecule has 2 aromatic rings. The Labute approximate surface area is 138 Å². The maximum Gasteiger partial charge on any atom is 0.0639 e. The van der Waals surface area contributed by atoms with Gasteiger partial charge in [0, 0.05) is 24.4 Å². The van der Waals surface area contributed by atoms with Crippen LogP contribution in [0.5, 0.6) is 0 Å². The van der Waals surface area contributed by atoms with Gasteiger partial charge in [-0.2, -0.15) is 0 Å². The Morgan fingerprint density at radius 2 is 1.61 bits per heavy atom. The van der Waals surface area contributed by atoms with Crippen molar-refractivity contribution < 1.29 is 5.21 Å². The van der Waals surface area contributed by atoms with Crippen molar-refractivity contribution >= 4 is 5.71 Å². The van der Waals surface area contributed by atoms with Crippen LogP contribution in [0, 0.1) is 5.92 Å². The Balaban J connectivity index is 1.95. The predicted octanol–water partition coefficient (Wildman–Crippen LogP) is 4.71. The van der Waals surface area contributed by atoms with Crippen molar-refractivity contribution in [1.82, 2.24) is 5.32 Å². The molecule has 3 heteroatoms. The van der Waals surface area contributed by atoms with Crippen molar-refractivity contribution in [2.75, 3.05) is 0 Å². The number of nitrogens with one attached hydrogen (secondary N) is 1. The standard InChI is InChI=1S/C20H24N2O/c1-2-9-17-19(22-23)14-18(15-10-5-3-6-11-15)21-20(17)16-12-7-4-8-13-16/h3-8,10-13,17-18,20-21,23H,2,9,14H2,1H3/b22-19+/t17-,18-,20-/m1/s1. The van der Waals surface area contributed by atoms with Gasteiger partial charge >= 0.3 is 0 Å². The minimum atomic E-state index is 0.181. The van der Waals surface area contributed by atoms with Crippen LogP contribution in [-0.2, 0) is 0 Å². The first kappa shape index (κ1) is 15.8. The lowest BCUT2D eigenvalue weighted by atomic mass is 9.78.